The molecule has 1 aliphatic rings. The molecule has 0 saturated heterocycles. The van der Waals surface area contributed by atoms with Gasteiger partial charge in [-0.2, -0.15) is 0 Å². The largest absolute Gasteiger partial charge is 0.480 e. The highest BCUT2D eigenvalue weighted by molar-refractivity contribution is 7.10. The van der Waals surface area contributed by atoms with Gasteiger partial charge in [-0.25, -0.2) is 0 Å². The van der Waals surface area contributed by atoms with Crippen molar-refractivity contribution in [3.8, 4) is 0 Å². The summed E-state index contributed by atoms with van der Waals surface area (Å²) in [6.07, 6.45) is 0.941. The minimum atomic E-state index is -0.775. The van der Waals surface area contributed by atoms with Gasteiger partial charge in [0.15, 0.2) is 0 Å². The average molecular weight is 226 g/mol. The fourth-order valence-corrected chi connectivity index (χ4v) is 2.97. The van der Waals surface area contributed by atoms with Crippen LogP contribution < -0.4 is 5.73 Å². The van der Waals surface area contributed by atoms with Gasteiger partial charge in [0.25, 0.3) is 0 Å². The fourth-order valence-electron chi connectivity index (χ4n) is 2.06. The number of carboxylic acids is 1. The van der Waals surface area contributed by atoms with Gasteiger partial charge < -0.3 is 10.8 Å². The molecule has 82 valence electrons. The molecular weight excluding hydrogens is 212 g/mol. The maximum absolute atomic E-state index is 11.2. The molecule has 0 aliphatic carbocycles. The van der Waals surface area contributed by atoms with E-state index in [0.29, 0.717) is 13.1 Å². The van der Waals surface area contributed by atoms with Crippen molar-refractivity contribution in [2.45, 2.75) is 12.5 Å². The van der Waals surface area contributed by atoms with E-state index >= 15 is 0 Å². The summed E-state index contributed by atoms with van der Waals surface area (Å²) in [7, 11) is 0. The highest BCUT2D eigenvalue weighted by Gasteiger charge is 2.32. The molecule has 1 unspecified atom stereocenters. The molecular formula is C10H14N2O2S. The maximum atomic E-state index is 11.2. The molecule has 0 fully saturated rings. The third-order valence-corrected chi connectivity index (χ3v) is 3.71. The molecule has 3 N–H and O–H groups in total. The van der Waals surface area contributed by atoms with Gasteiger partial charge in [0, 0.05) is 24.5 Å². The molecule has 1 aromatic heterocycles. The van der Waals surface area contributed by atoms with E-state index in [1.54, 1.807) is 11.3 Å². The smallest absolute Gasteiger partial charge is 0.325 e. The molecule has 1 aliphatic heterocycles. The summed E-state index contributed by atoms with van der Waals surface area (Å²) in [6, 6.07) is 1.42. The molecule has 0 saturated carbocycles. The number of fused-ring (bicyclic) bond motifs is 1. The summed E-state index contributed by atoms with van der Waals surface area (Å²) in [6.45, 7) is 1.94. The van der Waals surface area contributed by atoms with Crippen LogP contribution in [0.3, 0.4) is 0 Å². The Balaban J connectivity index is 2.30. The number of carbonyl (C=O) groups is 1. The Morgan fingerprint density at radius 3 is 3.20 bits per heavy atom. The van der Waals surface area contributed by atoms with Crippen molar-refractivity contribution in [3.05, 3.63) is 21.9 Å². The van der Waals surface area contributed by atoms with Crippen molar-refractivity contribution in [2.24, 2.45) is 5.73 Å². The molecule has 0 bridgehead atoms. The quantitative estimate of drug-likeness (QED) is 0.796. The van der Waals surface area contributed by atoms with Crippen molar-refractivity contribution in [1.82, 2.24) is 4.90 Å². The Hall–Kier alpha value is -0.910. The number of thiophene rings is 1. The van der Waals surface area contributed by atoms with E-state index in [-0.39, 0.29) is 0 Å². The van der Waals surface area contributed by atoms with Crippen molar-refractivity contribution in [2.75, 3.05) is 19.6 Å². The number of rotatable bonds is 3. The number of carboxylic acid groups (broad SMARTS) is 1. The summed E-state index contributed by atoms with van der Waals surface area (Å²) in [5, 5.41) is 11.2. The first-order chi connectivity index (χ1) is 7.24. The highest BCUT2D eigenvalue weighted by Crippen LogP contribution is 2.32. The number of nitrogens with two attached hydrogens (primary N) is 1. The Labute approximate surface area is 92.3 Å². The minimum Gasteiger partial charge on any atom is -0.480 e. The lowest BCUT2D eigenvalue weighted by molar-refractivity contribution is -0.143. The van der Waals surface area contributed by atoms with Crippen molar-refractivity contribution in [3.63, 3.8) is 0 Å². The topological polar surface area (TPSA) is 66.6 Å². The number of hydrogen-bond donors (Lipinski definition) is 2. The SMILES string of the molecule is NCCN1CCc2sccc2C1C(=O)O. The third-order valence-electron chi connectivity index (χ3n) is 2.72. The fraction of sp³-hybridized carbons (Fsp3) is 0.500. The Morgan fingerprint density at radius 2 is 2.53 bits per heavy atom. The molecule has 4 nitrogen and oxygen atoms in total. The van der Waals surface area contributed by atoms with Crippen LogP contribution in [0.15, 0.2) is 11.4 Å². The second-order valence-electron chi connectivity index (χ2n) is 3.61. The third kappa shape index (κ3) is 1.90. The zero-order valence-corrected chi connectivity index (χ0v) is 9.17. The molecule has 0 aromatic carbocycles. The van der Waals surface area contributed by atoms with Gasteiger partial charge in [0.05, 0.1) is 0 Å². The first-order valence-electron chi connectivity index (χ1n) is 4.97. The van der Waals surface area contributed by atoms with Gasteiger partial charge in [-0.3, -0.25) is 9.69 Å². The Morgan fingerprint density at radius 1 is 1.73 bits per heavy atom. The van der Waals surface area contributed by atoms with Gasteiger partial charge in [-0.15, -0.1) is 11.3 Å². The van der Waals surface area contributed by atoms with E-state index in [2.05, 4.69) is 0 Å². The second kappa shape index (κ2) is 4.30. The summed E-state index contributed by atoms with van der Waals surface area (Å²) >= 11 is 1.65. The Kier molecular flexibility index (Phi) is 3.04. The maximum Gasteiger partial charge on any atom is 0.325 e. The van der Waals surface area contributed by atoms with E-state index in [9.17, 15) is 9.90 Å². The van der Waals surface area contributed by atoms with Gasteiger partial charge >= 0.3 is 5.97 Å². The predicted octanol–water partition coefficient (Wildman–Crippen LogP) is 0.691. The van der Waals surface area contributed by atoms with E-state index in [4.69, 9.17) is 5.73 Å². The summed E-state index contributed by atoms with van der Waals surface area (Å²) in [5.74, 6) is -0.775. The van der Waals surface area contributed by atoms with Crippen LogP contribution in [0, 0.1) is 0 Å². The lowest BCUT2D eigenvalue weighted by Crippen LogP contribution is -2.41. The van der Waals surface area contributed by atoms with Crippen molar-refractivity contribution < 1.29 is 9.90 Å². The van der Waals surface area contributed by atoms with Crippen LogP contribution in [0.1, 0.15) is 16.5 Å². The predicted molar refractivity (Wildman–Crippen MR) is 59.0 cm³/mol. The molecule has 0 spiro atoms. The molecule has 15 heavy (non-hydrogen) atoms. The normalized spacial score (nSPS) is 21.3. The number of aliphatic carboxylic acids is 1. The van der Waals surface area contributed by atoms with Crippen LogP contribution in [0.4, 0.5) is 0 Å². The van der Waals surface area contributed by atoms with Gasteiger partial charge in [-0.05, 0) is 23.4 Å². The van der Waals surface area contributed by atoms with Crippen LogP contribution in [0.25, 0.3) is 0 Å². The van der Waals surface area contributed by atoms with Gasteiger partial charge in [0.1, 0.15) is 6.04 Å². The van der Waals surface area contributed by atoms with Crippen molar-refractivity contribution in [1.29, 1.82) is 0 Å². The lowest BCUT2D eigenvalue weighted by Gasteiger charge is -2.32. The van der Waals surface area contributed by atoms with E-state index < -0.39 is 12.0 Å². The zero-order valence-electron chi connectivity index (χ0n) is 8.35. The second-order valence-corrected chi connectivity index (χ2v) is 4.62. The van der Waals surface area contributed by atoms with Crippen LogP contribution in [-0.4, -0.2) is 35.6 Å². The van der Waals surface area contributed by atoms with Crippen LogP contribution in [-0.2, 0) is 11.2 Å². The first-order valence-corrected chi connectivity index (χ1v) is 5.85. The molecule has 2 rings (SSSR count). The number of nitrogens with zero attached hydrogens (tertiary/aromatic N) is 1. The monoisotopic (exact) mass is 226 g/mol. The standard InChI is InChI=1S/C10H14N2O2S/c11-3-5-12-4-1-8-7(2-6-15-8)9(12)10(13)14/h2,6,9H,1,3-5,11H2,(H,13,14). The van der Waals surface area contributed by atoms with E-state index in [1.165, 1.54) is 4.88 Å². The van der Waals surface area contributed by atoms with E-state index in [0.717, 1.165) is 18.5 Å². The summed E-state index contributed by atoms with van der Waals surface area (Å²) < 4.78 is 0. The van der Waals surface area contributed by atoms with Gasteiger partial charge in [-0.1, -0.05) is 0 Å². The molecule has 0 amide bonds. The average Bonchev–Trinajstić information content (AvgIpc) is 2.64. The van der Waals surface area contributed by atoms with E-state index in [1.807, 2.05) is 16.3 Å². The molecule has 1 atom stereocenters. The first kappa shape index (κ1) is 10.6. The Bertz CT molecular complexity index is 364. The van der Waals surface area contributed by atoms with Crippen LogP contribution in [0.2, 0.25) is 0 Å². The van der Waals surface area contributed by atoms with Crippen LogP contribution in [0.5, 0.6) is 0 Å². The molecule has 1 aromatic rings. The van der Waals surface area contributed by atoms with Crippen LogP contribution >= 0.6 is 11.3 Å². The molecule has 5 heteroatoms. The lowest BCUT2D eigenvalue weighted by atomic mass is 10.0. The minimum absolute atomic E-state index is 0.497. The summed E-state index contributed by atoms with van der Waals surface area (Å²) in [4.78, 5) is 14.4. The highest BCUT2D eigenvalue weighted by atomic mass is 32.1. The number of hydrogen-bond acceptors (Lipinski definition) is 4. The molecule has 0 radical (unpaired) electrons. The van der Waals surface area contributed by atoms with Crippen molar-refractivity contribution >= 4 is 17.3 Å². The molecule has 2 heterocycles. The zero-order chi connectivity index (χ0) is 10.8. The van der Waals surface area contributed by atoms with Gasteiger partial charge in [0.2, 0.25) is 0 Å². The summed E-state index contributed by atoms with van der Waals surface area (Å²) in [5.41, 5.74) is 6.44.